The highest BCUT2D eigenvalue weighted by molar-refractivity contribution is 7.18. The summed E-state index contributed by atoms with van der Waals surface area (Å²) in [6.07, 6.45) is 0.648. The minimum absolute atomic E-state index is 0.0242. The van der Waals surface area contributed by atoms with Gasteiger partial charge >= 0.3 is 18.0 Å². The number of hydrogen-bond donors (Lipinski definition) is 3. The summed E-state index contributed by atoms with van der Waals surface area (Å²) in [4.78, 5) is 49.8. The molecule has 2 amide bonds. The first-order chi connectivity index (χ1) is 16.9. The molecule has 0 unspecified atom stereocenters. The fraction of sp³-hybridized carbons (Fsp3) is 0.440. The minimum Gasteiger partial charge on any atom is -0.480 e. The third kappa shape index (κ3) is 6.75. The van der Waals surface area contributed by atoms with E-state index in [-0.39, 0.29) is 28.5 Å². The van der Waals surface area contributed by atoms with Crippen molar-refractivity contribution in [1.82, 2.24) is 4.90 Å². The quantitative estimate of drug-likeness (QED) is 0.487. The fourth-order valence-electron chi connectivity index (χ4n) is 3.86. The minimum atomic E-state index is -1.21. The standard InChI is InChI=1S/C25H30N2O8S/c1-14-19(34-13-18(28)29)21(23(31)32)36-20(14)16-6-5-7-17(12-16)26-22(30)15-8-10-27(11-9-15)24(33)35-25(2,3)4/h5-7,12,15H,8-11,13H2,1-4H3,(H,26,30)(H,28,29)(H,31,32). The van der Waals surface area contributed by atoms with Crippen LogP contribution in [0.1, 0.15) is 48.8 Å². The van der Waals surface area contributed by atoms with Crippen LogP contribution in [0.2, 0.25) is 0 Å². The molecule has 1 aromatic heterocycles. The van der Waals surface area contributed by atoms with Gasteiger partial charge in [-0.15, -0.1) is 11.3 Å². The number of carbonyl (C=O) groups is 4. The van der Waals surface area contributed by atoms with Crippen LogP contribution in [0.5, 0.6) is 5.75 Å². The van der Waals surface area contributed by atoms with Gasteiger partial charge in [0.05, 0.1) is 0 Å². The molecule has 10 nitrogen and oxygen atoms in total. The van der Waals surface area contributed by atoms with Crippen LogP contribution in [0, 0.1) is 12.8 Å². The summed E-state index contributed by atoms with van der Waals surface area (Å²) < 4.78 is 10.6. The number of ether oxygens (including phenoxy) is 2. The highest BCUT2D eigenvalue weighted by Gasteiger charge is 2.30. The van der Waals surface area contributed by atoms with E-state index in [0.717, 1.165) is 11.3 Å². The number of aliphatic carboxylic acids is 1. The predicted molar refractivity (Wildman–Crippen MR) is 134 cm³/mol. The van der Waals surface area contributed by atoms with Crippen molar-refractivity contribution < 1.29 is 38.9 Å². The molecule has 0 saturated carbocycles. The largest absolute Gasteiger partial charge is 0.480 e. The summed E-state index contributed by atoms with van der Waals surface area (Å²) >= 11 is 0.982. The summed E-state index contributed by atoms with van der Waals surface area (Å²) in [7, 11) is 0. The average Bonchev–Trinajstić information content (AvgIpc) is 3.13. The number of aromatic carboxylic acids is 1. The summed E-state index contributed by atoms with van der Waals surface area (Å²) in [6.45, 7) is 7.30. The molecule has 1 fully saturated rings. The van der Waals surface area contributed by atoms with Crippen molar-refractivity contribution in [3.05, 3.63) is 34.7 Å². The summed E-state index contributed by atoms with van der Waals surface area (Å²) in [5.74, 6) is -2.81. The fourth-order valence-corrected chi connectivity index (χ4v) is 4.94. The number of carboxylic acids is 2. The second-order valence-electron chi connectivity index (χ2n) is 9.51. The van der Waals surface area contributed by atoms with Crippen LogP contribution in [0.3, 0.4) is 0 Å². The van der Waals surface area contributed by atoms with E-state index < -0.39 is 24.1 Å². The molecule has 2 heterocycles. The van der Waals surface area contributed by atoms with Crippen LogP contribution < -0.4 is 10.1 Å². The highest BCUT2D eigenvalue weighted by atomic mass is 32.1. The van der Waals surface area contributed by atoms with Gasteiger partial charge in [-0.1, -0.05) is 12.1 Å². The number of benzene rings is 1. The molecule has 11 heteroatoms. The molecule has 3 N–H and O–H groups in total. The molecule has 3 rings (SSSR count). The molecular formula is C25H30N2O8S. The number of likely N-dealkylation sites (tertiary alicyclic amines) is 1. The molecule has 194 valence electrons. The normalized spacial score (nSPS) is 14.3. The molecule has 2 aromatic rings. The number of nitrogens with zero attached hydrogens (tertiary/aromatic N) is 1. The van der Waals surface area contributed by atoms with Crippen molar-refractivity contribution in [3.63, 3.8) is 0 Å². The molecule has 36 heavy (non-hydrogen) atoms. The number of anilines is 1. The van der Waals surface area contributed by atoms with Crippen molar-refractivity contribution in [2.24, 2.45) is 5.92 Å². The third-order valence-electron chi connectivity index (χ3n) is 5.54. The Balaban J connectivity index is 1.69. The molecule has 0 radical (unpaired) electrons. The lowest BCUT2D eigenvalue weighted by molar-refractivity contribution is -0.139. The third-order valence-corrected chi connectivity index (χ3v) is 6.85. The van der Waals surface area contributed by atoms with Crippen molar-refractivity contribution in [2.45, 2.75) is 46.1 Å². The van der Waals surface area contributed by atoms with Gasteiger partial charge in [-0.2, -0.15) is 0 Å². The van der Waals surface area contributed by atoms with Gasteiger partial charge in [0.1, 0.15) is 11.4 Å². The topological polar surface area (TPSA) is 142 Å². The van der Waals surface area contributed by atoms with E-state index in [4.69, 9.17) is 14.6 Å². The van der Waals surface area contributed by atoms with Gasteiger partial charge in [-0.05, 0) is 58.2 Å². The maximum absolute atomic E-state index is 12.9. The maximum Gasteiger partial charge on any atom is 0.410 e. The van der Waals surface area contributed by atoms with Crippen LogP contribution in [-0.4, -0.2) is 64.3 Å². The number of carbonyl (C=O) groups excluding carboxylic acids is 2. The maximum atomic E-state index is 12.9. The van der Waals surface area contributed by atoms with Gasteiger partial charge in [0.25, 0.3) is 0 Å². The lowest BCUT2D eigenvalue weighted by atomic mass is 9.96. The summed E-state index contributed by atoms with van der Waals surface area (Å²) in [5.41, 5.74) is 1.15. The van der Waals surface area contributed by atoms with Gasteiger partial charge < -0.3 is 29.9 Å². The number of nitrogens with one attached hydrogen (secondary N) is 1. The van der Waals surface area contributed by atoms with E-state index in [1.54, 1.807) is 36.1 Å². The number of amides is 2. The second kappa shape index (κ2) is 11.0. The van der Waals surface area contributed by atoms with Crippen molar-refractivity contribution >= 4 is 41.0 Å². The van der Waals surface area contributed by atoms with E-state index in [1.807, 2.05) is 20.8 Å². The van der Waals surface area contributed by atoms with Gasteiger partial charge in [-0.3, -0.25) is 4.79 Å². The second-order valence-corrected chi connectivity index (χ2v) is 10.5. The van der Waals surface area contributed by atoms with E-state index in [0.29, 0.717) is 47.6 Å². The zero-order chi connectivity index (χ0) is 26.6. The molecule has 0 atom stereocenters. The molecule has 1 aliphatic rings. The SMILES string of the molecule is Cc1c(-c2cccc(NC(=O)C3CCN(C(=O)OC(C)(C)C)CC3)c2)sc(C(=O)O)c1OCC(=O)O. The Morgan fingerprint density at radius 3 is 2.39 bits per heavy atom. The van der Waals surface area contributed by atoms with E-state index in [2.05, 4.69) is 5.32 Å². The Labute approximate surface area is 212 Å². The number of rotatable bonds is 7. The number of carboxylic acid groups (broad SMARTS) is 2. The molecule has 1 aromatic carbocycles. The number of piperidine rings is 1. The zero-order valence-corrected chi connectivity index (χ0v) is 21.4. The average molecular weight is 519 g/mol. The Kier molecular flexibility index (Phi) is 8.24. The van der Waals surface area contributed by atoms with Crippen molar-refractivity contribution in [1.29, 1.82) is 0 Å². The Morgan fingerprint density at radius 1 is 1.14 bits per heavy atom. The molecular weight excluding hydrogens is 488 g/mol. The summed E-state index contributed by atoms with van der Waals surface area (Å²) in [5, 5.41) is 21.3. The van der Waals surface area contributed by atoms with Gasteiger partial charge in [0, 0.05) is 35.1 Å². The number of hydrogen-bond acceptors (Lipinski definition) is 7. The van der Waals surface area contributed by atoms with E-state index in [9.17, 15) is 24.3 Å². The Bertz CT molecular complexity index is 1160. The molecule has 0 bridgehead atoms. The van der Waals surface area contributed by atoms with Gasteiger partial charge in [0.2, 0.25) is 5.91 Å². The zero-order valence-electron chi connectivity index (χ0n) is 20.6. The molecule has 1 saturated heterocycles. The van der Waals surface area contributed by atoms with Crippen molar-refractivity contribution in [2.75, 3.05) is 25.0 Å². The van der Waals surface area contributed by atoms with Crippen LogP contribution in [0.4, 0.5) is 10.5 Å². The van der Waals surface area contributed by atoms with Crippen molar-refractivity contribution in [3.8, 4) is 16.2 Å². The summed E-state index contributed by atoms with van der Waals surface area (Å²) in [6, 6.07) is 6.99. The lowest BCUT2D eigenvalue weighted by Gasteiger charge is -2.32. The predicted octanol–water partition coefficient (Wildman–Crippen LogP) is 4.47. The monoisotopic (exact) mass is 518 g/mol. The van der Waals surface area contributed by atoms with E-state index in [1.165, 1.54) is 0 Å². The van der Waals surface area contributed by atoms with E-state index >= 15 is 0 Å². The lowest BCUT2D eigenvalue weighted by Crippen LogP contribution is -2.43. The first kappa shape index (κ1) is 27.0. The Hall–Kier alpha value is -3.60. The first-order valence-corrected chi connectivity index (χ1v) is 12.3. The van der Waals surface area contributed by atoms with Crippen LogP contribution in [0.15, 0.2) is 24.3 Å². The van der Waals surface area contributed by atoms with Gasteiger partial charge in [0.15, 0.2) is 11.5 Å². The highest BCUT2D eigenvalue weighted by Crippen LogP contribution is 2.42. The number of thiophene rings is 1. The Morgan fingerprint density at radius 2 is 1.81 bits per heavy atom. The first-order valence-electron chi connectivity index (χ1n) is 11.5. The van der Waals surface area contributed by atoms with Gasteiger partial charge in [-0.25, -0.2) is 14.4 Å². The molecule has 0 spiro atoms. The smallest absolute Gasteiger partial charge is 0.410 e. The van der Waals surface area contributed by atoms with Crippen LogP contribution >= 0.6 is 11.3 Å². The molecule has 0 aliphatic carbocycles. The van der Waals surface area contributed by atoms with Crippen LogP contribution in [-0.2, 0) is 14.3 Å². The molecule has 1 aliphatic heterocycles. The van der Waals surface area contributed by atoms with Crippen LogP contribution in [0.25, 0.3) is 10.4 Å².